The van der Waals surface area contributed by atoms with Gasteiger partial charge in [-0.05, 0) is 38.1 Å². The first-order valence-corrected chi connectivity index (χ1v) is 7.42. The Balaban J connectivity index is 1.80. The third-order valence-electron chi connectivity index (χ3n) is 3.84. The Morgan fingerprint density at radius 3 is 2.67 bits per heavy atom. The molecule has 1 aromatic rings. The first-order valence-electron chi connectivity index (χ1n) is 7.42. The van der Waals surface area contributed by atoms with E-state index in [9.17, 15) is 9.59 Å². The number of nitrogens with one attached hydrogen (secondary N) is 2. The fourth-order valence-electron chi connectivity index (χ4n) is 2.47. The summed E-state index contributed by atoms with van der Waals surface area (Å²) < 4.78 is 0. The zero-order valence-electron chi connectivity index (χ0n) is 12.7. The number of anilines is 1. The van der Waals surface area contributed by atoms with Gasteiger partial charge < -0.3 is 10.6 Å². The highest BCUT2D eigenvalue weighted by Crippen LogP contribution is 2.11. The Labute approximate surface area is 125 Å². The van der Waals surface area contributed by atoms with Gasteiger partial charge in [-0.25, -0.2) is 0 Å². The minimum absolute atomic E-state index is 0.0105. The van der Waals surface area contributed by atoms with Crippen LogP contribution in [0.1, 0.15) is 30.6 Å². The summed E-state index contributed by atoms with van der Waals surface area (Å²) >= 11 is 0. The van der Waals surface area contributed by atoms with Crippen LogP contribution in [0.3, 0.4) is 0 Å². The van der Waals surface area contributed by atoms with Crippen LogP contribution in [-0.2, 0) is 4.79 Å². The van der Waals surface area contributed by atoms with E-state index >= 15 is 0 Å². The van der Waals surface area contributed by atoms with Crippen molar-refractivity contribution in [3.8, 4) is 0 Å². The number of carbonyl (C=O) groups excluding carboxylic acids is 2. The summed E-state index contributed by atoms with van der Waals surface area (Å²) in [6.07, 6.45) is 0.485. The maximum Gasteiger partial charge on any atom is 0.225 e. The smallest absolute Gasteiger partial charge is 0.225 e. The molecule has 21 heavy (non-hydrogen) atoms. The maximum absolute atomic E-state index is 12.0. The van der Waals surface area contributed by atoms with E-state index < -0.39 is 0 Å². The van der Waals surface area contributed by atoms with Crippen molar-refractivity contribution in [3.05, 3.63) is 29.8 Å². The number of hydrogen-bond donors (Lipinski definition) is 2. The molecule has 1 fully saturated rings. The molecule has 5 nitrogen and oxygen atoms in total. The van der Waals surface area contributed by atoms with E-state index in [2.05, 4.69) is 22.5 Å². The molecular formula is C16H23N3O2. The lowest BCUT2D eigenvalue weighted by Crippen LogP contribution is -2.50. The Morgan fingerprint density at radius 1 is 1.33 bits per heavy atom. The standard InChI is InChI=1S/C16H23N3O2/c1-12-11-17-8-10-19(12)9-7-16(21)18-15-5-3-14(4-6-15)13(2)20/h3-6,12,17H,7-11H2,1-2H3,(H,18,21)/t12-/m0/s1. The Bertz CT molecular complexity index is 499. The number of rotatable bonds is 5. The molecule has 114 valence electrons. The van der Waals surface area contributed by atoms with Crippen molar-refractivity contribution in [1.82, 2.24) is 10.2 Å². The van der Waals surface area contributed by atoms with Crippen LogP contribution in [0.2, 0.25) is 0 Å². The highest BCUT2D eigenvalue weighted by Gasteiger charge is 2.18. The van der Waals surface area contributed by atoms with Crippen LogP contribution in [0.5, 0.6) is 0 Å². The minimum atomic E-state index is 0.0105. The quantitative estimate of drug-likeness (QED) is 0.807. The number of carbonyl (C=O) groups is 2. The highest BCUT2D eigenvalue weighted by atomic mass is 16.1. The third kappa shape index (κ3) is 4.65. The van der Waals surface area contributed by atoms with Crippen molar-refractivity contribution in [2.45, 2.75) is 26.3 Å². The Hall–Kier alpha value is -1.72. The lowest BCUT2D eigenvalue weighted by molar-refractivity contribution is -0.116. The molecule has 0 aromatic heterocycles. The van der Waals surface area contributed by atoms with Crippen LogP contribution in [0.15, 0.2) is 24.3 Å². The molecular weight excluding hydrogens is 266 g/mol. The summed E-state index contributed by atoms with van der Waals surface area (Å²) in [5, 5.41) is 6.21. The van der Waals surface area contributed by atoms with E-state index in [-0.39, 0.29) is 11.7 Å². The van der Waals surface area contributed by atoms with Crippen LogP contribution in [0.4, 0.5) is 5.69 Å². The molecule has 0 aliphatic carbocycles. The van der Waals surface area contributed by atoms with Gasteiger partial charge in [0.2, 0.25) is 5.91 Å². The van der Waals surface area contributed by atoms with Gasteiger partial charge in [-0.15, -0.1) is 0 Å². The van der Waals surface area contributed by atoms with Gasteiger partial charge in [0.1, 0.15) is 0 Å². The molecule has 1 aromatic carbocycles. The zero-order valence-corrected chi connectivity index (χ0v) is 12.7. The molecule has 0 spiro atoms. The highest BCUT2D eigenvalue weighted by molar-refractivity contribution is 5.95. The molecule has 1 aliphatic heterocycles. The number of hydrogen-bond acceptors (Lipinski definition) is 4. The fourth-order valence-corrected chi connectivity index (χ4v) is 2.47. The first kappa shape index (κ1) is 15.7. The molecule has 1 aliphatic rings. The normalized spacial score (nSPS) is 19.2. The van der Waals surface area contributed by atoms with Gasteiger partial charge in [0.15, 0.2) is 5.78 Å². The van der Waals surface area contributed by atoms with E-state index in [0.717, 1.165) is 31.9 Å². The van der Waals surface area contributed by atoms with Crippen molar-refractivity contribution in [2.75, 3.05) is 31.5 Å². The van der Waals surface area contributed by atoms with Gasteiger partial charge in [0.25, 0.3) is 0 Å². The first-order chi connectivity index (χ1) is 10.1. The van der Waals surface area contributed by atoms with Crippen molar-refractivity contribution in [1.29, 1.82) is 0 Å². The molecule has 0 radical (unpaired) electrons. The van der Waals surface area contributed by atoms with Gasteiger partial charge in [-0.2, -0.15) is 0 Å². The molecule has 0 saturated carbocycles. The number of piperazine rings is 1. The van der Waals surface area contributed by atoms with Crippen LogP contribution in [0.25, 0.3) is 0 Å². The number of nitrogens with zero attached hydrogens (tertiary/aromatic N) is 1. The van der Waals surface area contributed by atoms with Gasteiger partial charge in [-0.1, -0.05) is 0 Å². The molecule has 5 heteroatoms. The number of Topliss-reactive ketones (excluding diaryl/α,β-unsaturated/α-hetero) is 1. The second-order valence-electron chi connectivity index (χ2n) is 5.52. The number of benzene rings is 1. The van der Waals surface area contributed by atoms with Crippen molar-refractivity contribution < 1.29 is 9.59 Å². The third-order valence-corrected chi connectivity index (χ3v) is 3.84. The molecule has 0 unspecified atom stereocenters. The molecule has 1 atom stereocenters. The average Bonchev–Trinajstić information content (AvgIpc) is 2.47. The average molecular weight is 289 g/mol. The molecule has 2 N–H and O–H groups in total. The predicted octanol–water partition coefficient (Wildman–Crippen LogP) is 1.51. The molecule has 1 amide bonds. The van der Waals surface area contributed by atoms with Crippen LogP contribution >= 0.6 is 0 Å². The number of amides is 1. The monoisotopic (exact) mass is 289 g/mol. The minimum Gasteiger partial charge on any atom is -0.326 e. The van der Waals surface area contributed by atoms with Crippen molar-refractivity contribution >= 4 is 17.4 Å². The lowest BCUT2D eigenvalue weighted by atomic mass is 10.1. The molecule has 1 heterocycles. The topological polar surface area (TPSA) is 61.4 Å². The van der Waals surface area contributed by atoms with E-state index in [1.54, 1.807) is 24.3 Å². The summed E-state index contributed by atoms with van der Waals surface area (Å²) in [4.78, 5) is 25.5. The summed E-state index contributed by atoms with van der Waals surface area (Å²) in [7, 11) is 0. The van der Waals surface area contributed by atoms with Gasteiger partial charge in [-0.3, -0.25) is 14.5 Å². The van der Waals surface area contributed by atoms with Gasteiger partial charge in [0.05, 0.1) is 0 Å². The summed E-state index contributed by atoms with van der Waals surface area (Å²) in [5.74, 6) is 0.0388. The van der Waals surface area contributed by atoms with Crippen molar-refractivity contribution in [2.24, 2.45) is 0 Å². The lowest BCUT2D eigenvalue weighted by Gasteiger charge is -2.33. The fraction of sp³-hybridized carbons (Fsp3) is 0.500. The molecule has 1 saturated heterocycles. The van der Waals surface area contributed by atoms with E-state index in [1.165, 1.54) is 6.92 Å². The zero-order chi connectivity index (χ0) is 15.2. The van der Waals surface area contributed by atoms with E-state index in [0.29, 0.717) is 18.0 Å². The van der Waals surface area contributed by atoms with Crippen molar-refractivity contribution in [3.63, 3.8) is 0 Å². The largest absolute Gasteiger partial charge is 0.326 e. The maximum atomic E-state index is 12.0. The van der Waals surface area contributed by atoms with Crippen LogP contribution < -0.4 is 10.6 Å². The molecule has 2 rings (SSSR count). The second-order valence-corrected chi connectivity index (χ2v) is 5.52. The van der Waals surface area contributed by atoms with Gasteiger partial charge in [0, 0.05) is 49.9 Å². The second kappa shape index (κ2) is 7.33. The number of ketones is 1. The Morgan fingerprint density at radius 2 is 2.05 bits per heavy atom. The SMILES string of the molecule is CC(=O)c1ccc(NC(=O)CCN2CCNC[C@@H]2C)cc1. The van der Waals surface area contributed by atoms with E-state index in [4.69, 9.17) is 0 Å². The van der Waals surface area contributed by atoms with Crippen LogP contribution in [0, 0.1) is 0 Å². The van der Waals surface area contributed by atoms with Crippen LogP contribution in [-0.4, -0.2) is 48.8 Å². The predicted molar refractivity (Wildman–Crippen MR) is 83.6 cm³/mol. The summed E-state index contributed by atoms with van der Waals surface area (Å²) in [6, 6.07) is 7.47. The molecule has 0 bridgehead atoms. The Kier molecular flexibility index (Phi) is 5.47. The summed E-state index contributed by atoms with van der Waals surface area (Å²) in [5.41, 5.74) is 1.39. The summed E-state index contributed by atoms with van der Waals surface area (Å²) in [6.45, 7) is 7.43. The van der Waals surface area contributed by atoms with Gasteiger partial charge >= 0.3 is 0 Å². The van der Waals surface area contributed by atoms with E-state index in [1.807, 2.05) is 0 Å².